The van der Waals surface area contributed by atoms with Crippen molar-refractivity contribution in [2.45, 2.75) is 44.3 Å². The van der Waals surface area contributed by atoms with Gasteiger partial charge in [-0.25, -0.2) is 0 Å². The van der Waals surface area contributed by atoms with E-state index < -0.39 is 5.91 Å². The fourth-order valence-corrected chi connectivity index (χ4v) is 6.38. The molecule has 3 aliphatic rings. The van der Waals surface area contributed by atoms with Gasteiger partial charge in [0.2, 0.25) is 5.75 Å². The Bertz CT molecular complexity index is 1570. The Labute approximate surface area is 245 Å². The van der Waals surface area contributed by atoms with Crippen LogP contribution in [-0.2, 0) is 4.79 Å². The Kier molecular flexibility index (Phi) is 7.48. The molecule has 2 aromatic heterocycles. The monoisotopic (exact) mass is 569 g/mol. The van der Waals surface area contributed by atoms with Gasteiger partial charge in [0.1, 0.15) is 13.2 Å². The van der Waals surface area contributed by atoms with E-state index in [1.165, 1.54) is 0 Å². The number of H-pyrrole nitrogens is 1. The van der Waals surface area contributed by atoms with Crippen LogP contribution >= 0.6 is 0 Å². The van der Waals surface area contributed by atoms with Crippen LogP contribution in [0, 0.1) is 30.6 Å². The number of benzene rings is 1. The molecule has 2 fully saturated rings. The molecule has 12 heteroatoms. The van der Waals surface area contributed by atoms with E-state index in [0.717, 1.165) is 41.4 Å². The van der Waals surface area contributed by atoms with Crippen molar-refractivity contribution in [3.8, 4) is 30.2 Å². The van der Waals surface area contributed by atoms with Crippen molar-refractivity contribution in [2.75, 3.05) is 63.3 Å². The molecule has 5 heterocycles. The number of amides is 1. The highest BCUT2D eigenvalue weighted by atomic mass is 16.5. The summed E-state index contributed by atoms with van der Waals surface area (Å²) in [6.45, 7) is 5.24. The second-order valence-corrected chi connectivity index (χ2v) is 11.2. The number of aromatic nitrogens is 4. The lowest BCUT2D eigenvalue weighted by Gasteiger charge is -2.42. The number of hydrogen-bond donors (Lipinski definition) is 1. The van der Waals surface area contributed by atoms with Gasteiger partial charge in [-0.15, -0.1) is 6.42 Å². The minimum absolute atomic E-state index is 0.119. The number of ether oxygens (including phenoxy) is 2. The van der Waals surface area contributed by atoms with Crippen LogP contribution in [0.2, 0.25) is 0 Å². The number of rotatable bonds is 6. The van der Waals surface area contributed by atoms with Gasteiger partial charge in [0.05, 0.1) is 36.3 Å². The Morgan fingerprint density at radius 1 is 1.21 bits per heavy atom. The number of nitrogens with zero attached hydrogens (tertiary/aromatic N) is 8. The van der Waals surface area contributed by atoms with Gasteiger partial charge in [0.25, 0.3) is 5.91 Å². The molecule has 0 aliphatic carbocycles. The predicted octanol–water partition coefficient (Wildman–Crippen LogP) is 2.27. The molecule has 3 aliphatic heterocycles. The lowest BCUT2D eigenvalue weighted by Crippen LogP contribution is -2.55. The number of nitriles is 1. The SMILES string of the molecule is C#CC(=O)N1CCN(c2nc(OC[C@@H]3CCCN3C)nc3c2OCC(c2c(C)ccc4[nH]ncc24)N3C)C[C@@H]1CC#N. The summed E-state index contributed by atoms with van der Waals surface area (Å²) in [5.41, 5.74) is 3.22. The fraction of sp³-hybridized carbons (Fsp3) is 0.500. The molecule has 1 unspecified atom stereocenters. The van der Waals surface area contributed by atoms with E-state index in [0.29, 0.717) is 56.3 Å². The van der Waals surface area contributed by atoms with E-state index in [9.17, 15) is 10.1 Å². The molecule has 12 nitrogen and oxygen atoms in total. The summed E-state index contributed by atoms with van der Waals surface area (Å²) in [4.78, 5) is 30.2. The Hall–Kier alpha value is -4.55. The number of aryl methyl sites for hydroxylation is 1. The average molecular weight is 570 g/mol. The van der Waals surface area contributed by atoms with Crippen LogP contribution < -0.4 is 19.3 Å². The lowest BCUT2D eigenvalue weighted by atomic mass is 9.96. The number of nitrogens with one attached hydrogen (secondary N) is 1. The smallest absolute Gasteiger partial charge is 0.320 e. The first-order chi connectivity index (χ1) is 20.4. The van der Waals surface area contributed by atoms with Crippen LogP contribution in [0.4, 0.5) is 11.6 Å². The first-order valence-electron chi connectivity index (χ1n) is 14.3. The molecule has 3 atom stereocenters. The third-order valence-electron chi connectivity index (χ3n) is 8.78. The van der Waals surface area contributed by atoms with Gasteiger partial charge in [-0.2, -0.15) is 20.3 Å². The number of likely N-dealkylation sites (N-methyl/N-ethyl adjacent to an activating group) is 2. The van der Waals surface area contributed by atoms with Crippen LogP contribution in [-0.4, -0.2) is 101 Å². The molecule has 2 saturated heterocycles. The van der Waals surface area contributed by atoms with E-state index >= 15 is 0 Å². The van der Waals surface area contributed by atoms with Crippen molar-refractivity contribution in [1.29, 1.82) is 5.26 Å². The number of hydrogen-bond acceptors (Lipinski definition) is 10. The third-order valence-corrected chi connectivity index (χ3v) is 8.78. The second-order valence-electron chi connectivity index (χ2n) is 11.2. The second kappa shape index (κ2) is 11.4. The lowest BCUT2D eigenvalue weighted by molar-refractivity contribution is -0.127. The normalized spacial score (nSPS) is 22.4. The van der Waals surface area contributed by atoms with Crippen molar-refractivity contribution in [3.63, 3.8) is 0 Å². The van der Waals surface area contributed by atoms with Gasteiger partial charge in [-0.3, -0.25) is 9.89 Å². The third kappa shape index (κ3) is 4.92. The molecule has 42 heavy (non-hydrogen) atoms. The Morgan fingerprint density at radius 3 is 2.81 bits per heavy atom. The molecular weight excluding hydrogens is 534 g/mol. The number of anilines is 2. The number of likely N-dealkylation sites (tertiary alicyclic amines) is 1. The van der Waals surface area contributed by atoms with Gasteiger partial charge < -0.3 is 29.1 Å². The molecule has 218 valence electrons. The molecule has 3 aromatic rings. The first-order valence-corrected chi connectivity index (χ1v) is 14.3. The van der Waals surface area contributed by atoms with E-state index in [1.807, 2.05) is 24.2 Å². The molecule has 0 radical (unpaired) electrons. The highest BCUT2D eigenvalue weighted by molar-refractivity contribution is 5.93. The standard InChI is InChI=1S/C30H35N9O3/c1-5-25(40)39-14-13-38(16-20(39)10-11-31)29-27-28(33-30(34-29)42-17-21-7-6-12-36(21)3)37(4)24(18-41-27)26-19(2)8-9-23-22(26)15-32-35-23/h1,8-9,15,20-21,24H,6-7,10,12-14,16-18H2,2-4H3,(H,32,35)/t20-,21-,24?/m0/s1. The first kappa shape index (κ1) is 27.6. The van der Waals surface area contributed by atoms with Crippen molar-refractivity contribution in [3.05, 3.63) is 29.5 Å². The van der Waals surface area contributed by atoms with Gasteiger partial charge in [0, 0.05) is 38.1 Å². The van der Waals surface area contributed by atoms with Crippen molar-refractivity contribution < 1.29 is 14.3 Å². The molecule has 1 aromatic carbocycles. The topological polar surface area (TPSA) is 127 Å². The highest BCUT2D eigenvalue weighted by Crippen LogP contribution is 2.45. The van der Waals surface area contributed by atoms with Crippen LogP contribution in [0.3, 0.4) is 0 Å². The van der Waals surface area contributed by atoms with E-state index in [1.54, 1.807) is 4.90 Å². The van der Waals surface area contributed by atoms with E-state index in [4.69, 9.17) is 25.9 Å². The number of piperazine rings is 1. The van der Waals surface area contributed by atoms with Gasteiger partial charge in [0.15, 0.2) is 11.6 Å². The molecule has 6 rings (SSSR count). The quantitative estimate of drug-likeness (QED) is 0.442. The summed E-state index contributed by atoms with van der Waals surface area (Å²) in [7, 11) is 4.12. The molecule has 0 bridgehead atoms. The number of carbonyl (C=O) groups is 1. The van der Waals surface area contributed by atoms with Crippen molar-refractivity contribution in [1.82, 2.24) is 30.0 Å². The summed E-state index contributed by atoms with van der Waals surface area (Å²) < 4.78 is 12.7. The summed E-state index contributed by atoms with van der Waals surface area (Å²) in [5.74, 6) is 3.57. The average Bonchev–Trinajstić information content (AvgIpc) is 3.65. The maximum atomic E-state index is 12.4. The zero-order valence-corrected chi connectivity index (χ0v) is 24.2. The van der Waals surface area contributed by atoms with Crippen LogP contribution in [0.15, 0.2) is 18.3 Å². The van der Waals surface area contributed by atoms with Crippen LogP contribution in [0.1, 0.15) is 36.4 Å². The molecular formula is C30H35N9O3. The fourth-order valence-electron chi connectivity index (χ4n) is 6.38. The van der Waals surface area contributed by atoms with Crippen LogP contribution in [0.5, 0.6) is 11.8 Å². The maximum Gasteiger partial charge on any atom is 0.320 e. The van der Waals surface area contributed by atoms with E-state index in [2.05, 4.69) is 52.0 Å². The molecule has 0 spiro atoms. The minimum Gasteiger partial charge on any atom is -0.484 e. The molecule has 1 amide bonds. The van der Waals surface area contributed by atoms with Crippen molar-refractivity contribution in [2.24, 2.45) is 0 Å². The van der Waals surface area contributed by atoms with Crippen LogP contribution in [0.25, 0.3) is 10.9 Å². The minimum atomic E-state index is -0.410. The predicted molar refractivity (Wildman–Crippen MR) is 157 cm³/mol. The van der Waals surface area contributed by atoms with Gasteiger partial charge in [-0.1, -0.05) is 6.07 Å². The number of fused-ring (bicyclic) bond motifs is 2. The van der Waals surface area contributed by atoms with Crippen molar-refractivity contribution >= 4 is 28.4 Å². The highest BCUT2D eigenvalue weighted by Gasteiger charge is 2.37. The number of terminal acetylenes is 1. The summed E-state index contributed by atoms with van der Waals surface area (Å²) >= 11 is 0. The maximum absolute atomic E-state index is 12.4. The molecule has 1 N–H and O–H groups in total. The van der Waals surface area contributed by atoms with Gasteiger partial charge in [-0.05, 0) is 56.5 Å². The van der Waals surface area contributed by atoms with Gasteiger partial charge >= 0.3 is 6.01 Å². The Morgan fingerprint density at radius 2 is 2.05 bits per heavy atom. The Balaban J connectivity index is 1.37. The summed E-state index contributed by atoms with van der Waals surface area (Å²) in [6, 6.07) is 6.41. The zero-order chi connectivity index (χ0) is 29.4. The zero-order valence-electron chi connectivity index (χ0n) is 24.2. The largest absolute Gasteiger partial charge is 0.484 e. The van der Waals surface area contributed by atoms with E-state index in [-0.39, 0.29) is 24.5 Å². The number of aromatic amines is 1. The summed E-state index contributed by atoms with van der Waals surface area (Å²) in [6.07, 6.45) is 9.63. The molecule has 0 saturated carbocycles. The number of carbonyl (C=O) groups excluding carboxylic acids is 1. The summed E-state index contributed by atoms with van der Waals surface area (Å²) in [5, 5.41) is 17.9.